The fourth-order valence-corrected chi connectivity index (χ4v) is 3.71. The van der Waals surface area contributed by atoms with E-state index in [1.807, 2.05) is 13.8 Å². The Morgan fingerprint density at radius 1 is 1.17 bits per heavy atom. The van der Waals surface area contributed by atoms with Crippen molar-refractivity contribution in [3.63, 3.8) is 0 Å². The van der Waals surface area contributed by atoms with Crippen molar-refractivity contribution in [2.24, 2.45) is 16.2 Å². The van der Waals surface area contributed by atoms with E-state index in [0.29, 0.717) is 6.04 Å². The van der Waals surface area contributed by atoms with E-state index in [9.17, 15) is 4.79 Å². The van der Waals surface area contributed by atoms with Gasteiger partial charge in [0, 0.05) is 6.04 Å². The highest BCUT2D eigenvalue weighted by Gasteiger charge is 2.60. The number of hydrogen-bond donors (Lipinski definition) is 1. The maximum absolute atomic E-state index is 13.2. The van der Waals surface area contributed by atoms with Gasteiger partial charge in [0.25, 0.3) is 0 Å². The third-order valence-corrected chi connectivity index (χ3v) is 6.25. The molecule has 0 saturated heterocycles. The Morgan fingerprint density at radius 3 is 2.12 bits per heavy atom. The number of hydrogen-bond acceptors (Lipinski definition) is 3. The summed E-state index contributed by atoms with van der Waals surface area (Å²) < 4.78 is 6.07. The molecule has 0 bridgehead atoms. The van der Waals surface area contributed by atoms with Gasteiger partial charge in [-0.3, -0.25) is 4.79 Å². The number of carbonyl (C=O) groups excluding carboxylic acids is 1. The van der Waals surface area contributed by atoms with Gasteiger partial charge in [-0.05, 0) is 56.9 Å². The maximum Gasteiger partial charge on any atom is 0.313 e. The highest BCUT2D eigenvalue weighted by Crippen LogP contribution is 2.62. The zero-order valence-electron chi connectivity index (χ0n) is 17.6. The molecule has 0 heterocycles. The van der Waals surface area contributed by atoms with Crippen LogP contribution in [-0.2, 0) is 9.53 Å². The minimum atomic E-state index is -0.423. The lowest BCUT2D eigenvalue weighted by molar-refractivity contribution is -0.197. The van der Waals surface area contributed by atoms with Gasteiger partial charge in [-0.25, -0.2) is 0 Å². The van der Waals surface area contributed by atoms with Crippen LogP contribution in [0.5, 0.6) is 0 Å². The van der Waals surface area contributed by atoms with Crippen LogP contribution in [0.2, 0.25) is 0 Å². The molecule has 0 aromatic heterocycles. The number of rotatable bonds is 9. The molecule has 1 N–H and O–H groups in total. The molecular formula is C21H41NO2. The highest BCUT2D eigenvalue weighted by atomic mass is 16.6. The van der Waals surface area contributed by atoms with Crippen molar-refractivity contribution in [3.05, 3.63) is 0 Å². The van der Waals surface area contributed by atoms with Gasteiger partial charge in [0.1, 0.15) is 5.60 Å². The number of nitrogens with one attached hydrogen (secondary N) is 1. The molecule has 1 aliphatic carbocycles. The van der Waals surface area contributed by atoms with Gasteiger partial charge < -0.3 is 10.1 Å². The summed E-state index contributed by atoms with van der Waals surface area (Å²) in [4.78, 5) is 13.2. The molecule has 1 aliphatic rings. The second kappa shape index (κ2) is 7.35. The van der Waals surface area contributed by atoms with E-state index >= 15 is 0 Å². The van der Waals surface area contributed by atoms with Gasteiger partial charge in [-0.15, -0.1) is 0 Å². The standard InChI is InChI=1S/C21H41NO2/c1-10-18(4,5)15-21(12-11-19(21,6)7)17(23)24-20(8,9)13-14-22-16(2)3/h16,22H,10-15H2,1-9H3. The largest absolute Gasteiger partial charge is 0.459 e. The molecule has 3 nitrogen and oxygen atoms in total. The second-order valence-corrected chi connectivity index (χ2v) is 10.2. The Morgan fingerprint density at radius 2 is 1.75 bits per heavy atom. The zero-order chi connectivity index (χ0) is 18.8. The van der Waals surface area contributed by atoms with Crippen LogP contribution in [0.1, 0.15) is 94.4 Å². The SMILES string of the molecule is CCC(C)(C)CC1(C(=O)OC(C)(C)CCNC(C)C)CCC1(C)C. The maximum atomic E-state index is 13.2. The molecule has 1 atom stereocenters. The first-order valence-electron chi connectivity index (χ1n) is 9.74. The Bertz CT molecular complexity index is 437. The molecule has 0 aromatic carbocycles. The van der Waals surface area contributed by atoms with E-state index in [2.05, 4.69) is 53.8 Å². The quantitative estimate of drug-likeness (QED) is 0.577. The van der Waals surface area contributed by atoms with Crippen LogP contribution in [0.4, 0.5) is 0 Å². The Balaban J connectivity index is 2.83. The van der Waals surface area contributed by atoms with Crippen molar-refractivity contribution in [3.8, 4) is 0 Å². The summed E-state index contributed by atoms with van der Waals surface area (Å²) in [6, 6.07) is 0.457. The monoisotopic (exact) mass is 339 g/mol. The molecule has 1 rings (SSSR count). The van der Waals surface area contributed by atoms with Crippen molar-refractivity contribution >= 4 is 5.97 Å². The predicted molar refractivity (Wildman–Crippen MR) is 102 cm³/mol. The molecule has 142 valence electrons. The van der Waals surface area contributed by atoms with Crippen molar-refractivity contribution in [2.75, 3.05) is 6.54 Å². The molecule has 0 amide bonds. The summed E-state index contributed by atoms with van der Waals surface area (Å²) in [5, 5.41) is 3.41. The molecule has 0 aromatic rings. The first-order valence-corrected chi connectivity index (χ1v) is 9.74. The number of esters is 1. The molecule has 0 radical (unpaired) electrons. The fraction of sp³-hybridized carbons (Fsp3) is 0.952. The minimum absolute atomic E-state index is 0.0230. The van der Waals surface area contributed by atoms with E-state index < -0.39 is 5.60 Å². The molecule has 1 fully saturated rings. The average molecular weight is 340 g/mol. The molecule has 0 spiro atoms. The van der Waals surface area contributed by atoms with E-state index in [1.165, 1.54) is 0 Å². The van der Waals surface area contributed by atoms with Crippen molar-refractivity contribution in [2.45, 2.75) is 106 Å². The van der Waals surface area contributed by atoms with E-state index in [1.54, 1.807) is 0 Å². The summed E-state index contributed by atoms with van der Waals surface area (Å²) in [5.74, 6) is 0.0230. The lowest BCUT2D eigenvalue weighted by Crippen LogP contribution is -2.56. The summed E-state index contributed by atoms with van der Waals surface area (Å²) in [6.45, 7) is 20.4. The van der Waals surface area contributed by atoms with Crippen LogP contribution in [-0.4, -0.2) is 24.2 Å². The molecule has 1 unspecified atom stereocenters. The van der Waals surface area contributed by atoms with E-state index in [0.717, 1.165) is 38.6 Å². The summed E-state index contributed by atoms with van der Waals surface area (Å²) in [7, 11) is 0. The second-order valence-electron chi connectivity index (χ2n) is 10.2. The predicted octanol–water partition coefficient (Wildman–Crippen LogP) is 5.33. The van der Waals surface area contributed by atoms with Crippen LogP contribution in [0.3, 0.4) is 0 Å². The third-order valence-electron chi connectivity index (χ3n) is 6.25. The van der Waals surface area contributed by atoms with Crippen LogP contribution in [0.25, 0.3) is 0 Å². The molecule has 1 saturated carbocycles. The van der Waals surface area contributed by atoms with Crippen molar-refractivity contribution < 1.29 is 9.53 Å². The summed E-state index contributed by atoms with van der Waals surface area (Å²) in [5.41, 5.74) is -0.550. The number of ether oxygens (including phenoxy) is 1. The third kappa shape index (κ3) is 4.97. The number of carbonyl (C=O) groups is 1. The van der Waals surface area contributed by atoms with Gasteiger partial charge >= 0.3 is 5.97 Å². The first-order chi connectivity index (χ1) is 10.8. The van der Waals surface area contributed by atoms with Gasteiger partial charge in [0.2, 0.25) is 0 Å². The van der Waals surface area contributed by atoms with Crippen LogP contribution < -0.4 is 5.32 Å². The highest BCUT2D eigenvalue weighted by molar-refractivity contribution is 5.79. The van der Waals surface area contributed by atoms with E-state index in [-0.39, 0.29) is 22.2 Å². The fourth-order valence-electron chi connectivity index (χ4n) is 3.71. The topological polar surface area (TPSA) is 38.3 Å². The Labute approximate surface area is 150 Å². The normalized spacial score (nSPS) is 23.9. The summed E-state index contributed by atoms with van der Waals surface area (Å²) >= 11 is 0. The van der Waals surface area contributed by atoms with Crippen LogP contribution in [0, 0.1) is 16.2 Å². The Hall–Kier alpha value is -0.570. The summed E-state index contributed by atoms with van der Waals surface area (Å²) in [6.07, 6.45) is 4.91. The lowest BCUT2D eigenvalue weighted by atomic mass is 9.47. The van der Waals surface area contributed by atoms with Crippen LogP contribution in [0.15, 0.2) is 0 Å². The van der Waals surface area contributed by atoms with Gasteiger partial charge in [-0.1, -0.05) is 54.9 Å². The van der Waals surface area contributed by atoms with Gasteiger partial charge in [0.05, 0.1) is 5.41 Å². The average Bonchev–Trinajstić information content (AvgIpc) is 2.42. The van der Waals surface area contributed by atoms with E-state index in [4.69, 9.17) is 4.74 Å². The molecule has 24 heavy (non-hydrogen) atoms. The lowest BCUT2D eigenvalue weighted by Gasteiger charge is -2.57. The minimum Gasteiger partial charge on any atom is -0.459 e. The molecule has 0 aliphatic heterocycles. The Kier molecular flexibility index (Phi) is 6.58. The van der Waals surface area contributed by atoms with Gasteiger partial charge in [0.15, 0.2) is 0 Å². The van der Waals surface area contributed by atoms with Crippen molar-refractivity contribution in [1.82, 2.24) is 5.32 Å². The molecule has 3 heteroatoms. The van der Waals surface area contributed by atoms with Crippen molar-refractivity contribution in [1.29, 1.82) is 0 Å². The first kappa shape index (κ1) is 21.5. The zero-order valence-corrected chi connectivity index (χ0v) is 17.6. The van der Waals surface area contributed by atoms with Gasteiger partial charge in [-0.2, -0.15) is 0 Å². The van der Waals surface area contributed by atoms with Crippen LogP contribution >= 0.6 is 0 Å². The molecular weight excluding hydrogens is 298 g/mol. The smallest absolute Gasteiger partial charge is 0.313 e.